The topological polar surface area (TPSA) is 32.3 Å². The van der Waals surface area contributed by atoms with E-state index in [1.807, 2.05) is 4.90 Å². The average Bonchev–Trinajstić information content (AvgIpc) is 2.05. The van der Waals surface area contributed by atoms with Gasteiger partial charge in [0, 0.05) is 32.1 Å². The molecule has 1 atom stereocenters. The van der Waals surface area contributed by atoms with Gasteiger partial charge in [0.05, 0.1) is 0 Å². The SMILES string of the molecule is C=CCC(=O)N1CCNC[C@@H]1C. The van der Waals surface area contributed by atoms with Crippen molar-refractivity contribution in [2.75, 3.05) is 19.6 Å². The summed E-state index contributed by atoms with van der Waals surface area (Å²) in [4.78, 5) is 13.4. The van der Waals surface area contributed by atoms with Gasteiger partial charge in [0.25, 0.3) is 0 Å². The first-order chi connectivity index (χ1) is 5.75. The Morgan fingerprint density at radius 2 is 2.58 bits per heavy atom. The first-order valence-electron chi connectivity index (χ1n) is 4.36. The minimum atomic E-state index is 0.194. The minimum Gasteiger partial charge on any atom is -0.337 e. The lowest BCUT2D eigenvalue weighted by atomic mass is 10.2. The van der Waals surface area contributed by atoms with Gasteiger partial charge in [-0.2, -0.15) is 0 Å². The molecule has 3 nitrogen and oxygen atoms in total. The lowest BCUT2D eigenvalue weighted by molar-refractivity contribution is -0.132. The van der Waals surface area contributed by atoms with Crippen molar-refractivity contribution in [3.05, 3.63) is 12.7 Å². The first kappa shape index (κ1) is 9.26. The lowest BCUT2D eigenvalue weighted by Gasteiger charge is -2.33. The van der Waals surface area contributed by atoms with Crippen molar-refractivity contribution in [2.24, 2.45) is 0 Å². The van der Waals surface area contributed by atoms with Crippen LogP contribution < -0.4 is 5.32 Å². The van der Waals surface area contributed by atoms with Crippen LogP contribution in [0.15, 0.2) is 12.7 Å². The lowest BCUT2D eigenvalue weighted by Crippen LogP contribution is -2.52. The van der Waals surface area contributed by atoms with E-state index in [1.54, 1.807) is 6.08 Å². The van der Waals surface area contributed by atoms with Crippen LogP contribution in [0.3, 0.4) is 0 Å². The van der Waals surface area contributed by atoms with Crippen molar-refractivity contribution >= 4 is 5.91 Å². The number of hydrogen-bond acceptors (Lipinski definition) is 2. The van der Waals surface area contributed by atoms with Crippen LogP contribution in [0.1, 0.15) is 13.3 Å². The molecule has 0 aliphatic carbocycles. The van der Waals surface area contributed by atoms with Crippen LogP contribution >= 0.6 is 0 Å². The van der Waals surface area contributed by atoms with E-state index in [0.717, 1.165) is 19.6 Å². The summed E-state index contributed by atoms with van der Waals surface area (Å²) in [5.74, 6) is 0.194. The maximum absolute atomic E-state index is 11.4. The molecule has 1 fully saturated rings. The number of piperazine rings is 1. The summed E-state index contributed by atoms with van der Waals surface area (Å²) in [6.07, 6.45) is 2.13. The molecule has 1 rings (SSSR count). The highest BCUT2D eigenvalue weighted by Crippen LogP contribution is 2.04. The van der Waals surface area contributed by atoms with Crippen LogP contribution in [0, 0.1) is 0 Å². The summed E-state index contributed by atoms with van der Waals surface area (Å²) in [6, 6.07) is 0.325. The molecule has 1 aliphatic rings. The number of nitrogens with one attached hydrogen (secondary N) is 1. The van der Waals surface area contributed by atoms with Crippen molar-refractivity contribution in [3.63, 3.8) is 0 Å². The predicted molar refractivity (Wildman–Crippen MR) is 48.9 cm³/mol. The smallest absolute Gasteiger partial charge is 0.226 e. The van der Waals surface area contributed by atoms with Gasteiger partial charge in [0.1, 0.15) is 0 Å². The van der Waals surface area contributed by atoms with E-state index in [9.17, 15) is 4.79 Å². The zero-order chi connectivity index (χ0) is 8.97. The number of amides is 1. The zero-order valence-corrected chi connectivity index (χ0v) is 7.55. The van der Waals surface area contributed by atoms with E-state index in [2.05, 4.69) is 18.8 Å². The van der Waals surface area contributed by atoms with Crippen molar-refractivity contribution in [1.29, 1.82) is 0 Å². The van der Waals surface area contributed by atoms with Gasteiger partial charge in [-0.25, -0.2) is 0 Å². The Bertz CT molecular complexity index is 179. The molecule has 0 aromatic heterocycles. The van der Waals surface area contributed by atoms with Crippen molar-refractivity contribution < 1.29 is 4.79 Å². The Hall–Kier alpha value is -0.830. The summed E-state index contributed by atoms with van der Waals surface area (Å²) in [6.45, 7) is 8.26. The molecule has 0 radical (unpaired) electrons. The van der Waals surface area contributed by atoms with E-state index >= 15 is 0 Å². The molecular weight excluding hydrogens is 152 g/mol. The zero-order valence-electron chi connectivity index (χ0n) is 7.55. The summed E-state index contributed by atoms with van der Waals surface area (Å²) < 4.78 is 0. The molecule has 0 unspecified atom stereocenters. The van der Waals surface area contributed by atoms with Gasteiger partial charge in [-0.05, 0) is 6.92 Å². The Balaban J connectivity index is 2.47. The molecule has 0 bridgehead atoms. The first-order valence-corrected chi connectivity index (χ1v) is 4.36. The summed E-state index contributed by atoms with van der Waals surface area (Å²) in [7, 11) is 0. The van der Waals surface area contributed by atoms with E-state index in [-0.39, 0.29) is 5.91 Å². The maximum atomic E-state index is 11.4. The molecule has 1 N–H and O–H groups in total. The Morgan fingerprint density at radius 3 is 3.17 bits per heavy atom. The van der Waals surface area contributed by atoms with Crippen molar-refractivity contribution in [2.45, 2.75) is 19.4 Å². The number of nitrogens with zero attached hydrogens (tertiary/aromatic N) is 1. The molecule has 0 aromatic rings. The van der Waals surface area contributed by atoms with Gasteiger partial charge in [-0.3, -0.25) is 4.79 Å². The second-order valence-corrected chi connectivity index (χ2v) is 3.13. The quantitative estimate of drug-likeness (QED) is 0.605. The fourth-order valence-electron chi connectivity index (χ4n) is 1.45. The van der Waals surface area contributed by atoms with E-state index in [4.69, 9.17) is 0 Å². The molecule has 0 spiro atoms. The fraction of sp³-hybridized carbons (Fsp3) is 0.667. The Morgan fingerprint density at radius 1 is 1.83 bits per heavy atom. The summed E-state index contributed by atoms with van der Waals surface area (Å²) in [5.41, 5.74) is 0. The molecule has 12 heavy (non-hydrogen) atoms. The van der Waals surface area contributed by atoms with Crippen LogP contribution in [0.5, 0.6) is 0 Å². The molecular formula is C9H16N2O. The van der Waals surface area contributed by atoms with Crippen LogP contribution in [0.25, 0.3) is 0 Å². The number of hydrogen-bond donors (Lipinski definition) is 1. The average molecular weight is 168 g/mol. The van der Waals surface area contributed by atoms with Crippen molar-refractivity contribution in [1.82, 2.24) is 10.2 Å². The fourth-order valence-corrected chi connectivity index (χ4v) is 1.45. The van der Waals surface area contributed by atoms with E-state index in [1.165, 1.54) is 0 Å². The van der Waals surface area contributed by atoms with Crippen LogP contribution in [0.4, 0.5) is 0 Å². The second kappa shape index (κ2) is 4.26. The Kier molecular flexibility index (Phi) is 3.29. The third kappa shape index (κ3) is 2.08. The normalized spacial score (nSPS) is 23.8. The molecule has 3 heteroatoms. The number of carbonyl (C=O) groups is 1. The molecule has 1 heterocycles. The van der Waals surface area contributed by atoms with Crippen LogP contribution in [-0.4, -0.2) is 36.5 Å². The number of carbonyl (C=O) groups excluding carboxylic acids is 1. The van der Waals surface area contributed by atoms with Gasteiger partial charge in [0.2, 0.25) is 5.91 Å². The molecule has 68 valence electrons. The van der Waals surface area contributed by atoms with E-state index < -0.39 is 0 Å². The molecule has 1 saturated heterocycles. The number of rotatable bonds is 2. The van der Waals surface area contributed by atoms with E-state index in [0.29, 0.717) is 12.5 Å². The monoisotopic (exact) mass is 168 g/mol. The standard InChI is InChI=1S/C9H16N2O/c1-3-4-9(12)11-6-5-10-7-8(11)2/h3,8,10H,1,4-7H2,2H3/t8-/m0/s1. The Labute approximate surface area is 73.4 Å². The van der Waals surface area contributed by atoms with Gasteiger partial charge >= 0.3 is 0 Å². The third-order valence-corrected chi connectivity index (χ3v) is 2.14. The third-order valence-electron chi connectivity index (χ3n) is 2.14. The molecule has 1 amide bonds. The predicted octanol–water partition coefficient (Wildman–Crippen LogP) is 0.383. The molecule has 1 aliphatic heterocycles. The van der Waals surface area contributed by atoms with Gasteiger partial charge in [-0.1, -0.05) is 6.08 Å². The van der Waals surface area contributed by atoms with Gasteiger partial charge in [-0.15, -0.1) is 6.58 Å². The highest BCUT2D eigenvalue weighted by Gasteiger charge is 2.21. The van der Waals surface area contributed by atoms with Gasteiger partial charge in [0.15, 0.2) is 0 Å². The second-order valence-electron chi connectivity index (χ2n) is 3.13. The largest absolute Gasteiger partial charge is 0.337 e. The highest BCUT2D eigenvalue weighted by molar-refractivity contribution is 5.78. The minimum absolute atomic E-state index is 0.194. The summed E-state index contributed by atoms with van der Waals surface area (Å²) in [5, 5.41) is 3.24. The summed E-state index contributed by atoms with van der Waals surface area (Å²) >= 11 is 0. The van der Waals surface area contributed by atoms with Gasteiger partial charge < -0.3 is 10.2 Å². The molecule has 0 saturated carbocycles. The molecule has 0 aromatic carbocycles. The highest BCUT2D eigenvalue weighted by atomic mass is 16.2. The van der Waals surface area contributed by atoms with Crippen LogP contribution in [0.2, 0.25) is 0 Å². The van der Waals surface area contributed by atoms with Crippen LogP contribution in [-0.2, 0) is 4.79 Å². The van der Waals surface area contributed by atoms with Crippen molar-refractivity contribution in [3.8, 4) is 0 Å². The maximum Gasteiger partial charge on any atom is 0.226 e.